The van der Waals surface area contributed by atoms with E-state index in [9.17, 15) is 13.2 Å². The molecule has 0 N–H and O–H groups in total. The second kappa shape index (κ2) is 4.59. The van der Waals surface area contributed by atoms with Crippen LogP contribution in [0.5, 0.6) is 0 Å². The predicted molar refractivity (Wildman–Crippen MR) is 62.1 cm³/mol. The molecule has 1 aliphatic rings. The Hall–Kier alpha value is -1.19. The molecule has 0 aliphatic carbocycles. The summed E-state index contributed by atoms with van der Waals surface area (Å²) in [6, 6.07) is 5.84. The molecule has 1 nitrogen and oxygen atoms in total. The van der Waals surface area contributed by atoms with Gasteiger partial charge in [-0.25, -0.2) is 0 Å². The topological polar surface area (TPSA) is 3.24 Å². The van der Waals surface area contributed by atoms with Crippen molar-refractivity contribution >= 4 is 5.69 Å². The number of anilines is 1. The second-order valence-corrected chi connectivity index (χ2v) is 4.68. The summed E-state index contributed by atoms with van der Waals surface area (Å²) in [6.45, 7) is 3.58. The molecule has 0 aromatic heterocycles. The van der Waals surface area contributed by atoms with Gasteiger partial charge in [0, 0.05) is 18.8 Å². The number of rotatable bonds is 1. The van der Waals surface area contributed by atoms with Gasteiger partial charge in [-0.05, 0) is 30.9 Å². The van der Waals surface area contributed by atoms with E-state index in [4.69, 9.17) is 0 Å². The third-order valence-electron chi connectivity index (χ3n) is 3.33. The van der Waals surface area contributed by atoms with Crippen molar-refractivity contribution in [2.75, 3.05) is 18.0 Å². The molecule has 1 aromatic rings. The fourth-order valence-electron chi connectivity index (χ4n) is 2.24. The highest BCUT2D eigenvalue weighted by Gasteiger charge is 2.34. The first-order valence-corrected chi connectivity index (χ1v) is 5.89. The summed E-state index contributed by atoms with van der Waals surface area (Å²) < 4.78 is 38.6. The van der Waals surface area contributed by atoms with Crippen LogP contribution in [0.2, 0.25) is 0 Å². The largest absolute Gasteiger partial charge is 0.418 e. The lowest BCUT2D eigenvalue weighted by Gasteiger charge is -2.33. The van der Waals surface area contributed by atoms with E-state index in [0.717, 1.165) is 18.9 Å². The first kappa shape index (κ1) is 12.3. The summed E-state index contributed by atoms with van der Waals surface area (Å²) in [5.41, 5.74) is -0.193. The molecule has 1 heterocycles. The average Bonchev–Trinajstić information content (AvgIpc) is 2.29. The van der Waals surface area contributed by atoms with Crippen LogP contribution in [0.1, 0.15) is 25.3 Å². The smallest absolute Gasteiger partial charge is 0.371 e. The van der Waals surface area contributed by atoms with Gasteiger partial charge in [0.25, 0.3) is 0 Å². The molecular weight excluding hydrogens is 227 g/mol. The van der Waals surface area contributed by atoms with Gasteiger partial charge in [0.1, 0.15) is 0 Å². The summed E-state index contributed by atoms with van der Waals surface area (Å²) in [5.74, 6) is 0.615. The van der Waals surface area contributed by atoms with Crippen LogP contribution >= 0.6 is 0 Å². The molecule has 0 amide bonds. The maximum Gasteiger partial charge on any atom is 0.418 e. The summed E-state index contributed by atoms with van der Waals surface area (Å²) in [6.07, 6.45) is -2.34. The molecule has 4 heteroatoms. The van der Waals surface area contributed by atoms with Crippen molar-refractivity contribution in [2.24, 2.45) is 5.92 Å². The molecule has 2 rings (SSSR count). The van der Waals surface area contributed by atoms with Crippen LogP contribution < -0.4 is 4.90 Å². The first-order valence-electron chi connectivity index (χ1n) is 5.89. The lowest BCUT2D eigenvalue weighted by Crippen LogP contribution is -2.34. The van der Waals surface area contributed by atoms with Crippen molar-refractivity contribution in [3.8, 4) is 0 Å². The van der Waals surface area contributed by atoms with Gasteiger partial charge in [0.15, 0.2) is 0 Å². The average molecular weight is 243 g/mol. The maximum atomic E-state index is 12.9. The second-order valence-electron chi connectivity index (χ2n) is 4.68. The van der Waals surface area contributed by atoms with E-state index in [-0.39, 0.29) is 0 Å². The molecule has 1 saturated heterocycles. The van der Waals surface area contributed by atoms with Gasteiger partial charge >= 0.3 is 6.18 Å². The number of hydrogen-bond acceptors (Lipinski definition) is 1. The number of halogens is 3. The number of piperidine rings is 1. The summed E-state index contributed by atoms with van der Waals surface area (Å²) in [7, 11) is 0. The van der Waals surface area contributed by atoms with Gasteiger partial charge in [-0.1, -0.05) is 19.1 Å². The Balaban J connectivity index is 2.26. The predicted octanol–water partition coefficient (Wildman–Crippen LogP) is 3.94. The standard InChI is InChI=1S/C13H16F3N/c1-10-6-8-17(9-7-10)12-5-3-2-4-11(12)13(14,15)16/h2-5,10H,6-9H2,1H3. The SMILES string of the molecule is CC1CCN(c2ccccc2C(F)(F)F)CC1. The van der Waals surface area contributed by atoms with Crippen molar-refractivity contribution in [1.82, 2.24) is 0 Å². The maximum absolute atomic E-state index is 12.9. The zero-order chi connectivity index (χ0) is 12.5. The van der Waals surface area contributed by atoms with E-state index in [2.05, 4.69) is 6.92 Å². The van der Waals surface area contributed by atoms with E-state index in [1.165, 1.54) is 6.07 Å². The number of para-hydroxylation sites is 1. The van der Waals surface area contributed by atoms with Gasteiger partial charge in [-0.15, -0.1) is 0 Å². The lowest BCUT2D eigenvalue weighted by molar-refractivity contribution is -0.137. The minimum absolute atomic E-state index is 0.326. The van der Waals surface area contributed by atoms with E-state index in [1.807, 2.05) is 4.90 Å². The number of nitrogens with zero attached hydrogens (tertiary/aromatic N) is 1. The third-order valence-corrected chi connectivity index (χ3v) is 3.33. The molecule has 0 saturated carbocycles. The first-order chi connectivity index (χ1) is 7.98. The molecule has 0 unspecified atom stereocenters. The number of benzene rings is 1. The van der Waals surface area contributed by atoms with E-state index in [0.29, 0.717) is 24.7 Å². The van der Waals surface area contributed by atoms with Crippen LogP contribution in [0.4, 0.5) is 18.9 Å². The Kier molecular flexibility index (Phi) is 3.31. The van der Waals surface area contributed by atoms with Crippen LogP contribution in [-0.4, -0.2) is 13.1 Å². The van der Waals surface area contributed by atoms with E-state index < -0.39 is 11.7 Å². The van der Waals surface area contributed by atoms with E-state index in [1.54, 1.807) is 12.1 Å². The highest BCUT2D eigenvalue weighted by atomic mass is 19.4. The molecule has 1 aliphatic heterocycles. The molecular formula is C13H16F3N. The molecule has 94 valence electrons. The number of hydrogen-bond donors (Lipinski definition) is 0. The molecule has 17 heavy (non-hydrogen) atoms. The monoisotopic (exact) mass is 243 g/mol. The fourth-order valence-corrected chi connectivity index (χ4v) is 2.24. The normalized spacial score (nSPS) is 18.5. The third kappa shape index (κ3) is 2.73. The van der Waals surface area contributed by atoms with Crippen LogP contribution in [0.3, 0.4) is 0 Å². The minimum Gasteiger partial charge on any atom is -0.371 e. The Morgan fingerprint density at radius 3 is 2.29 bits per heavy atom. The van der Waals surface area contributed by atoms with Crippen LogP contribution in [-0.2, 0) is 6.18 Å². The summed E-state index contributed by atoms with van der Waals surface area (Å²) in [4.78, 5) is 1.85. The van der Waals surface area contributed by atoms with Crippen molar-refractivity contribution in [3.05, 3.63) is 29.8 Å². The van der Waals surface area contributed by atoms with Crippen LogP contribution in [0, 0.1) is 5.92 Å². The molecule has 1 fully saturated rings. The van der Waals surface area contributed by atoms with Gasteiger partial charge in [-0.3, -0.25) is 0 Å². The quantitative estimate of drug-likeness (QED) is 0.722. The minimum atomic E-state index is -4.26. The summed E-state index contributed by atoms with van der Waals surface area (Å²) >= 11 is 0. The Labute approximate surface area is 99.2 Å². The lowest BCUT2D eigenvalue weighted by atomic mass is 9.98. The van der Waals surface area contributed by atoms with Gasteiger partial charge in [-0.2, -0.15) is 13.2 Å². The molecule has 0 spiro atoms. The fraction of sp³-hybridized carbons (Fsp3) is 0.538. The molecule has 0 radical (unpaired) electrons. The van der Waals surface area contributed by atoms with Gasteiger partial charge in [0.2, 0.25) is 0 Å². The van der Waals surface area contributed by atoms with Crippen LogP contribution in [0.15, 0.2) is 24.3 Å². The molecule has 0 atom stereocenters. The zero-order valence-electron chi connectivity index (χ0n) is 9.80. The zero-order valence-corrected chi connectivity index (χ0v) is 9.80. The number of alkyl halides is 3. The van der Waals surface area contributed by atoms with Crippen molar-refractivity contribution in [2.45, 2.75) is 25.9 Å². The van der Waals surface area contributed by atoms with E-state index >= 15 is 0 Å². The Morgan fingerprint density at radius 2 is 1.71 bits per heavy atom. The van der Waals surface area contributed by atoms with Crippen molar-refractivity contribution in [3.63, 3.8) is 0 Å². The highest BCUT2D eigenvalue weighted by molar-refractivity contribution is 5.55. The van der Waals surface area contributed by atoms with Crippen molar-refractivity contribution < 1.29 is 13.2 Å². The Bertz CT molecular complexity index is 378. The van der Waals surface area contributed by atoms with Gasteiger partial charge < -0.3 is 4.90 Å². The van der Waals surface area contributed by atoms with Crippen LogP contribution in [0.25, 0.3) is 0 Å². The van der Waals surface area contributed by atoms with Crippen molar-refractivity contribution in [1.29, 1.82) is 0 Å². The summed E-state index contributed by atoms with van der Waals surface area (Å²) in [5, 5.41) is 0. The van der Waals surface area contributed by atoms with Gasteiger partial charge in [0.05, 0.1) is 5.56 Å². The Morgan fingerprint density at radius 1 is 1.12 bits per heavy atom. The highest BCUT2D eigenvalue weighted by Crippen LogP contribution is 2.37. The molecule has 0 bridgehead atoms. The molecule has 1 aromatic carbocycles.